The van der Waals surface area contributed by atoms with Crippen LogP contribution < -0.4 is 10.2 Å². The summed E-state index contributed by atoms with van der Waals surface area (Å²) in [7, 11) is 0. The molecule has 1 amide bonds. The number of aryl methyl sites for hydroxylation is 1. The molecule has 0 saturated heterocycles. The third-order valence-corrected chi connectivity index (χ3v) is 3.13. The number of anilines is 1. The highest BCUT2D eigenvalue weighted by Crippen LogP contribution is 2.18. The maximum atomic E-state index is 12.0. The maximum absolute atomic E-state index is 12.0. The minimum atomic E-state index is -0.870. The predicted molar refractivity (Wildman–Crippen MR) is 78.9 cm³/mol. The number of carbonyl (C=O) groups excluding carboxylic acids is 1. The number of likely N-dealkylation sites (N-methyl/N-ethyl adjacent to an activating group) is 1. The van der Waals surface area contributed by atoms with Crippen molar-refractivity contribution in [1.82, 2.24) is 5.32 Å². The number of amides is 1. The van der Waals surface area contributed by atoms with Gasteiger partial charge in [0.15, 0.2) is 0 Å². The van der Waals surface area contributed by atoms with Crippen molar-refractivity contribution >= 4 is 17.6 Å². The molecule has 5 heteroatoms. The quantitative estimate of drug-likeness (QED) is 0.798. The largest absolute Gasteiger partial charge is 0.481 e. The highest BCUT2D eigenvalue weighted by Gasteiger charge is 2.21. The fraction of sp³-hybridized carbons (Fsp3) is 0.467. The molecule has 0 aliphatic carbocycles. The molecule has 1 rings (SSSR count). The summed E-state index contributed by atoms with van der Waals surface area (Å²) in [5.41, 5.74) is 1.98. The molecule has 0 spiro atoms. The lowest BCUT2D eigenvalue weighted by Gasteiger charge is -2.30. The maximum Gasteiger partial charge on any atom is 0.305 e. The van der Waals surface area contributed by atoms with Crippen molar-refractivity contribution in [2.75, 3.05) is 18.0 Å². The SMILES string of the molecule is CCNC(=O)C(C)N(CCC(=O)O)c1ccc(C)cc1. The van der Waals surface area contributed by atoms with Crippen LogP contribution in [0.25, 0.3) is 0 Å². The third-order valence-electron chi connectivity index (χ3n) is 3.13. The Kier molecular flexibility index (Phi) is 6.03. The molecule has 0 saturated carbocycles. The molecule has 1 aromatic rings. The molecule has 0 aliphatic heterocycles. The second kappa shape index (κ2) is 7.53. The summed E-state index contributed by atoms with van der Waals surface area (Å²) in [5, 5.41) is 11.6. The zero-order valence-corrected chi connectivity index (χ0v) is 12.2. The van der Waals surface area contributed by atoms with Crippen molar-refractivity contribution < 1.29 is 14.7 Å². The van der Waals surface area contributed by atoms with Crippen LogP contribution in [-0.4, -0.2) is 36.1 Å². The van der Waals surface area contributed by atoms with E-state index in [1.54, 1.807) is 6.92 Å². The van der Waals surface area contributed by atoms with Crippen molar-refractivity contribution in [2.24, 2.45) is 0 Å². The van der Waals surface area contributed by atoms with E-state index in [0.29, 0.717) is 13.1 Å². The molecule has 1 atom stereocenters. The Labute approximate surface area is 119 Å². The lowest BCUT2D eigenvalue weighted by molar-refractivity contribution is -0.137. The normalized spacial score (nSPS) is 11.8. The molecule has 0 radical (unpaired) electrons. The molecule has 0 bridgehead atoms. The predicted octanol–water partition coefficient (Wildman–Crippen LogP) is 1.80. The molecule has 0 aliphatic rings. The number of carbonyl (C=O) groups is 2. The number of benzene rings is 1. The van der Waals surface area contributed by atoms with E-state index in [1.807, 2.05) is 43.0 Å². The summed E-state index contributed by atoms with van der Waals surface area (Å²) in [6.07, 6.45) is -0.00236. The van der Waals surface area contributed by atoms with Gasteiger partial charge in [-0.25, -0.2) is 0 Å². The highest BCUT2D eigenvalue weighted by atomic mass is 16.4. The average Bonchev–Trinajstić information content (AvgIpc) is 2.40. The molecular weight excluding hydrogens is 256 g/mol. The fourth-order valence-corrected chi connectivity index (χ4v) is 1.96. The van der Waals surface area contributed by atoms with Crippen LogP contribution in [0.1, 0.15) is 25.8 Å². The average molecular weight is 278 g/mol. The topological polar surface area (TPSA) is 69.6 Å². The summed E-state index contributed by atoms with van der Waals surface area (Å²) in [6, 6.07) is 7.32. The van der Waals surface area contributed by atoms with Gasteiger partial charge in [-0.05, 0) is 32.9 Å². The summed E-state index contributed by atoms with van der Waals surface area (Å²) in [4.78, 5) is 24.6. The van der Waals surface area contributed by atoms with Gasteiger partial charge >= 0.3 is 5.97 Å². The monoisotopic (exact) mass is 278 g/mol. The summed E-state index contributed by atoms with van der Waals surface area (Å²) in [6.45, 7) is 6.49. The van der Waals surface area contributed by atoms with E-state index in [2.05, 4.69) is 5.32 Å². The van der Waals surface area contributed by atoms with E-state index >= 15 is 0 Å². The number of nitrogens with zero attached hydrogens (tertiary/aromatic N) is 1. The molecule has 0 heterocycles. The van der Waals surface area contributed by atoms with Crippen LogP contribution in [0.15, 0.2) is 24.3 Å². The first-order chi connectivity index (χ1) is 9.45. The Morgan fingerprint density at radius 3 is 2.40 bits per heavy atom. The van der Waals surface area contributed by atoms with Gasteiger partial charge in [-0.1, -0.05) is 17.7 Å². The van der Waals surface area contributed by atoms with Gasteiger partial charge < -0.3 is 15.3 Å². The Balaban J connectivity index is 2.91. The smallest absolute Gasteiger partial charge is 0.305 e. The Hall–Kier alpha value is -2.04. The number of hydrogen-bond donors (Lipinski definition) is 2. The van der Waals surface area contributed by atoms with Gasteiger partial charge in [-0.2, -0.15) is 0 Å². The van der Waals surface area contributed by atoms with Crippen LogP contribution in [0.2, 0.25) is 0 Å². The first-order valence-corrected chi connectivity index (χ1v) is 6.78. The van der Waals surface area contributed by atoms with Gasteiger partial charge in [-0.3, -0.25) is 9.59 Å². The van der Waals surface area contributed by atoms with Crippen molar-refractivity contribution in [3.63, 3.8) is 0 Å². The van der Waals surface area contributed by atoms with Crippen molar-refractivity contribution in [3.05, 3.63) is 29.8 Å². The minimum absolute atomic E-state index is 0.00236. The minimum Gasteiger partial charge on any atom is -0.481 e. The molecule has 110 valence electrons. The molecule has 0 aromatic heterocycles. The lowest BCUT2D eigenvalue weighted by Crippen LogP contribution is -2.46. The van der Waals surface area contributed by atoms with E-state index in [4.69, 9.17) is 5.11 Å². The van der Waals surface area contributed by atoms with Gasteiger partial charge in [0.25, 0.3) is 0 Å². The van der Waals surface area contributed by atoms with Gasteiger partial charge in [0.05, 0.1) is 6.42 Å². The van der Waals surface area contributed by atoms with Crippen molar-refractivity contribution in [1.29, 1.82) is 0 Å². The first-order valence-electron chi connectivity index (χ1n) is 6.78. The molecular formula is C15H22N2O3. The second-order valence-electron chi connectivity index (χ2n) is 4.74. The van der Waals surface area contributed by atoms with Crippen LogP contribution in [0, 0.1) is 6.92 Å². The molecule has 1 aromatic carbocycles. The second-order valence-corrected chi connectivity index (χ2v) is 4.74. The molecule has 0 fully saturated rings. The fourth-order valence-electron chi connectivity index (χ4n) is 1.96. The first kappa shape index (κ1) is 16.0. The van der Waals surface area contributed by atoms with E-state index in [-0.39, 0.29) is 12.3 Å². The van der Waals surface area contributed by atoms with Crippen molar-refractivity contribution in [3.8, 4) is 0 Å². The molecule has 2 N–H and O–H groups in total. The standard InChI is InChI=1S/C15H22N2O3/c1-4-16-15(20)12(3)17(10-9-14(18)19)13-7-5-11(2)6-8-13/h5-8,12H,4,9-10H2,1-3H3,(H,16,20)(H,18,19). The zero-order valence-electron chi connectivity index (χ0n) is 12.2. The Morgan fingerprint density at radius 2 is 1.90 bits per heavy atom. The van der Waals surface area contributed by atoms with Crippen LogP contribution in [0.5, 0.6) is 0 Å². The summed E-state index contributed by atoms with van der Waals surface area (Å²) >= 11 is 0. The van der Waals surface area contributed by atoms with Crippen LogP contribution >= 0.6 is 0 Å². The van der Waals surface area contributed by atoms with E-state index < -0.39 is 12.0 Å². The van der Waals surface area contributed by atoms with Crippen LogP contribution in [-0.2, 0) is 9.59 Å². The van der Waals surface area contributed by atoms with Crippen LogP contribution in [0.3, 0.4) is 0 Å². The van der Waals surface area contributed by atoms with Crippen LogP contribution in [0.4, 0.5) is 5.69 Å². The van der Waals surface area contributed by atoms with Gasteiger partial charge in [-0.15, -0.1) is 0 Å². The number of hydrogen-bond acceptors (Lipinski definition) is 3. The molecule has 5 nitrogen and oxygen atoms in total. The number of carboxylic acid groups (broad SMARTS) is 1. The zero-order chi connectivity index (χ0) is 15.1. The van der Waals surface area contributed by atoms with E-state index in [0.717, 1.165) is 11.3 Å². The Bertz CT molecular complexity index is 457. The highest BCUT2D eigenvalue weighted by molar-refractivity contribution is 5.85. The lowest BCUT2D eigenvalue weighted by atomic mass is 10.1. The molecule has 20 heavy (non-hydrogen) atoms. The summed E-state index contributed by atoms with van der Waals surface area (Å²) in [5.74, 6) is -0.969. The molecule has 1 unspecified atom stereocenters. The van der Waals surface area contributed by atoms with E-state index in [1.165, 1.54) is 0 Å². The van der Waals surface area contributed by atoms with E-state index in [9.17, 15) is 9.59 Å². The number of nitrogens with one attached hydrogen (secondary N) is 1. The number of carboxylic acids is 1. The van der Waals surface area contributed by atoms with Gasteiger partial charge in [0.2, 0.25) is 5.91 Å². The van der Waals surface area contributed by atoms with Gasteiger partial charge in [0, 0.05) is 18.8 Å². The summed E-state index contributed by atoms with van der Waals surface area (Å²) < 4.78 is 0. The van der Waals surface area contributed by atoms with Gasteiger partial charge in [0.1, 0.15) is 6.04 Å². The number of rotatable bonds is 7. The number of aliphatic carboxylic acids is 1. The van der Waals surface area contributed by atoms with Crippen molar-refractivity contribution in [2.45, 2.75) is 33.2 Å². The Morgan fingerprint density at radius 1 is 1.30 bits per heavy atom. The third kappa shape index (κ3) is 4.57.